The maximum Gasteiger partial charge on any atom is 0.252 e. The number of hydrogen-bond donors (Lipinski definition) is 1. The number of benzene rings is 1. The summed E-state index contributed by atoms with van der Waals surface area (Å²) in [5, 5.41) is 3.00. The Kier molecular flexibility index (Phi) is 3.75. The fourth-order valence-corrected chi connectivity index (χ4v) is 3.32. The van der Waals surface area contributed by atoms with E-state index in [2.05, 4.69) is 17.5 Å². The molecule has 4 heteroatoms. The highest BCUT2D eigenvalue weighted by molar-refractivity contribution is 6.01. The van der Waals surface area contributed by atoms with E-state index in [0.717, 1.165) is 28.9 Å². The molecule has 0 bridgehead atoms. The third-order valence-corrected chi connectivity index (χ3v) is 4.58. The molecule has 4 rings (SSSR count). The average molecular weight is 335 g/mol. The SMILES string of the molecule is COc1cc(OC(C)C)ccc1CNC(=O)C1=C2C=C3CC3=C2C=C1. The molecule has 0 aromatic heterocycles. The molecule has 0 atom stereocenters. The molecule has 0 heterocycles. The zero-order valence-corrected chi connectivity index (χ0v) is 14.7. The van der Waals surface area contributed by atoms with Crippen LogP contribution in [0.25, 0.3) is 0 Å². The van der Waals surface area contributed by atoms with Gasteiger partial charge in [0.2, 0.25) is 0 Å². The van der Waals surface area contributed by atoms with Crippen molar-refractivity contribution in [1.82, 2.24) is 5.32 Å². The molecule has 3 aliphatic carbocycles. The van der Waals surface area contributed by atoms with Gasteiger partial charge in [-0.15, -0.1) is 0 Å². The van der Waals surface area contributed by atoms with Crippen LogP contribution in [0.2, 0.25) is 0 Å². The van der Waals surface area contributed by atoms with Crippen molar-refractivity contribution in [3.8, 4) is 11.5 Å². The van der Waals surface area contributed by atoms with Crippen LogP contribution in [0.3, 0.4) is 0 Å². The van der Waals surface area contributed by atoms with Crippen molar-refractivity contribution in [2.75, 3.05) is 7.11 Å². The Labute approximate surface area is 147 Å². The molecule has 1 aromatic carbocycles. The van der Waals surface area contributed by atoms with E-state index in [9.17, 15) is 4.79 Å². The molecule has 128 valence electrons. The minimum atomic E-state index is -0.0513. The van der Waals surface area contributed by atoms with E-state index < -0.39 is 0 Å². The molecule has 0 unspecified atom stereocenters. The third kappa shape index (κ3) is 2.88. The highest BCUT2D eigenvalue weighted by Crippen LogP contribution is 2.51. The van der Waals surface area contributed by atoms with Gasteiger partial charge in [0.25, 0.3) is 5.91 Å². The summed E-state index contributed by atoms with van der Waals surface area (Å²) in [7, 11) is 1.62. The monoisotopic (exact) mass is 335 g/mol. The van der Waals surface area contributed by atoms with E-state index in [1.165, 1.54) is 16.7 Å². The van der Waals surface area contributed by atoms with Crippen LogP contribution in [0.4, 0.5) is 0 Å². The first-order valence-corrected chi connectivity index (χ1v) is 8.55. The van der Waals surface area contributed by atoms with Crippen LogP contribution in [0.1, 0.15) is 25.8 Å². The number of allylic oxidation sites excluding steroid dienone is 6. The molecule has 1 N–H and O–H groups in total. The van der Waals surface area contributed by atoms with Gasteiger partial charge in [-0.1, -0.05) is 6.08 Å². The number of carbonyl (C=O) groups excluding carboxylic acids is 1. The van der Waals surface area contributed by atoms with Gasteiger partial charge >= 0.3 is 0 Å². The first-order chi connectivity index (χ1) is 12.1. The summed E-state index contributed by atoms with van der Waals surface area (Å²) in [6, 6.07) is 5.69. The lowest BCUT2D eigenvalue weighted by atomic mass is 10.1. The fraction of sp³-hybridized carbons (Fsp3) is 0.286. The highest BCUT2D eigenvalue weighted by Gasteiger charge is 2.35. The van der Waals surface area contributed by atoms with Gasteiger partial charge in [0.15, 0.2) is 0 Å². The van der Waals surface area contributed by atoms with Crippen LogP contribution in [-0.2, 0) is 11.3 Å². The van der Waals surface area contributed by atoms with Crippen LogP contribution in [0.5, 0.6) is 11.5 Å². The fourth-order valence-electron chi connectivity index (χ4n) is 3.32. The Morgan fingerprint density at radius 3 is 2.84 bits per heavy atom. The Balaban J connectivity index is 1.46. The summed E-state index contributed by atoms with van der Waals surface area (Å²) in [5.74, 6) is 1.42. The lowest BCUT2D eigenvalue weighted by molar-refractivity contribution is -0.117. The van der Waals surface area contributed by atoms with Gasteiger partial charge in [-0.05, 0) is 66.8 Å². The number of ether oxygens (including phenoxy) is 2. The predicted octanol–water partition coefficient (Wildman–Crippen LogP) is 3.61. The Morgan fingerprint density at radius 2 is 2.08 bits per heavy atom. The lowest BCUT2D eigenvalue weighted by Crippen LogP contribution is -2.24. The molecule has 3 aliphatic rings. The summed E-state index contributed by atoms with van der Waals surface area (Å²) in [4.78, 5) is 12.6. The Hall–Kier alpha value is -2.75. The van der Waals surface area contributed by atoms with Gasteiger partial charge in [-0.3, -0.25) is 4.79 Å². The Morgan fingerprint density at radius 1 is 1.24 bits per heavy atom. The second kappa shape index (κ2) is 5.96. The molecule has 1 saturated carbocycles. The van der Waals surface area contributed by atoms with Crippen LogP contribution >= 0.6 is 0 Å². The van der Waals surface area contributed by atoms with Gasteiger partial charge in [-0.2, -0.15) is 0 Å². The van der Waals surface area contributed by atoms with Crippen molar-refractivity contribution in [2.45, 2.75) is 32.9 Å². The molecule has 4 nitrogen and oxygen atoms in total. The van der Waals surface area contributed by atoms with Crippen molar-refractivity contribution in [3.63, 3.8) is 0 Å². The Bertz CT molecular complexity index is 884. The number of hydrogen-bond acceptors (Lipinski definition) is 3. The van der Waals surface area contributed by atoms with Crippen molar-refractivity contribution < 1.29 is 14.3 Å². The quantitative estimate of drug-likeness (QED) is 0.864. The first-order valence-electron chi connectivity index (χ1n) is 8.55. The van der Waals surface area contributed by atoms with E-state index in [4.69, 9.17) is 9.47 Å². The topological polar surface area (TPSA) is 47.6 Å². The van der Waals surface area contributed by atoms with Crippen molar-refractivity contribution >= 4 is 5.91 Å². The van der Waals surface area contributed by atoms with Gasteiger partial charge in [0.1, 0.15) is 11.5 Å². The highest BCUT2D eigenvalue weighted by atomic mass is 16.5. The molecule has 1 fully saturated rings. The van der Waals surface area contributed by atoms with Crippen LogP contribution in [0.15, 0.2) is 64.3 Å². The summed E-state index contributed by atoms with van der Waals surface area (Å²) >= 11 is 0. The van der Waals surface area contributed by atoms with Gasteiger partial charge < -0.3 is 14.8 Å². The number of rotatable bonds is 6. The normalized spacial score (nSPS) is 16.9. The number of nitrogens with one attached hydrogen (secondary N) is 1. The van der Waals surface area contributed by atoms with Crippen molar-refractivity contribution in [1.29, 1.82) is 0 Å². The first kappa shape index (κ1) is 15.8. The van der Waals surface area contributed by atoms with E-state index in [1.54, 1.807) is 7.11 Å². The lowest BCUT2D eigenvalue weighted by Gasteiger charge is -2.14. The van der Waals surface area contributed by atoms with E-state index in [0.29, 0.717) is 12.3 Å². The maximum absolute atomic E-state index is 12.6. The van der Waals surface area contributed by atoms with Gasteiger partial charge in [0, 0.05) is 23.7 Å². The minimum absolute atomic E-state index is 0.0513. The number of methoxy groups -OCH3 is 1. The summed E-state index contributed by atoms with van der Waals surface area (Å²) in [6.45, 7) is 4.38. The van der Waals surface area contributed by atoms with Crippen molar-refractivity contribution in [2.24, 2.45) is 0 Å². The van der Waals surface area contributed by atoms with E-state index >= 15 is 0 Å². The molecule has 0 aliphatic heterocycles. The number of fused-ring (bicyclic) bond motifs is 2. The third-order valence-electron chi connectivity index (χ3n) is 4.58. The van der Waals surface area contributed by atoms with E-state index in [-0.39, 0.29) is 12.0 Å². The standard InChI is InChI=1S/C21H21NO3/c1-12(2)25-15-5-4-13(20(10-15)24-3)11-22-21(23)17-7-6-16-18-8-14(18)9-19(16)17/h4-7,9-10,12H,8,11H2,1-3H3,(H,22,23). The predicted molar refractivity (Wildman–Crippen MR) is 96.5 cm³/mol. The zero-order chi connectivity index (χ0) is 17.6. The molecule has 0 spiro atoms. The maximum atomic E-state index is 12.6. The minimum Gasteiger partial charge on any atom is -0.496 e. The van der Waals surface area contributed by atoms with Crippen molar-refractivity contribution in [3.05, 3.63) is 69.9 Å². The molecule has 1 amide bonds. The van der Waals surface area contributed by atoms with Crippen LogP contribution in [-0.4, -0.2) is 19.1 Å². The number of carbonyl (C=O) groups is 1. The van der Waals surface area contributed by atoms with E-state index in [1.807, 2.05) is 38.1 Å². The molecule has 0 saturated heterocycles. The molecule has 25 heavy (non-hydrogen) atoms. The molecular weight excluding hydrogens is 314 g/mol. The van der Waals surface area contributed by atoms with Crippen LogP contribution in [0, 0.1) is 0 Å². The summed E-state index contributed by atoms with van der Waals surface area (Å²) < 4.78 is 11.1. The van der Waals surface area contributed by atoms with Crippen LogP contribution < -0.4 is 14.8 Å². The largest absolute Gasteiger partial charge is 0.496 e. The smallest absolute Gasteiger partial charge is 0.252 e. The summed E-state index contributed by atoms with van der Waals surface area (Å²) in [6.07, 6.45) is 7.29. The van der Waals surface area contributed by atoms with Gasteiger partial charge in [0.05, 0.1) is 13.2 Å². The molecular formula is C21H21NO3. The zero-order valence-electron chi connectivity index (χ0n) is 14.7. The molecule has 0 radical (unpaired) electrons. The second-order valence-electron chi connectivity index (χ2n) is 6.72. The number of amides is 1. The average Bonchev–Trinajstić information content (AvgIpc) is 3.07. The second-order valence-corrected chi connectivity index (χ2v) is 6.72. The van der Waals surface area contributed by atoms with Gasteiger partial charge in [-0.25, -0.2) is 0 Å². The molecule has 1 aromatic rings. The summed E-state index contributed by atoms with van der Waals surface area (Å²) in [5.41, 5.74) is 6.75.